The Balaban J connectivity index is 2.37. The lowest BCUT2D eigenvalue weighted by Crippen LogP contribution is -2.27. The van der Waals surface area contributed by atoms with Gasteiger partial charge in [-0.3, -0.25) is 0 Å². The molecule has 1 N–H and O–H groups in total. The van der Waals surface area contributed by atoms with Gasteiger partial charge in [0.2, 0.25) is 0 Å². The first-order chi connectivity index (χ1) is 9.19. The first-order valence-electron chi connectivity index (χ1n) is 7.21. The molecule has 0 saturated carbocycles. The molecule has 0 unspecified atom stereocenters. The highest BCUT2D eigenvalue weighted by Gasteiger charge is 2.10. The topological polar surface area (TPSA) is 30.5 Å². The molecular weight excluding hydrogens is 238 g/mol. The van der Waals surface area contributed by atoms with Crippen molar-refractivity contribution in [1.82, 2.24) is 5.32 Å². The second-order valence-electron chi connectivity index (χ2n) is 4.66. The Morgan fingerprint density at radius 3 is 2.32 bits per heavy atom. The van der Waals surface area contributed by atoms with Crippen LogP contribution in [0.1, 0.15) is 44.4 Å². The third kappa shape index (κ3) is 5.72. The molecule has 3 heteroatoms. The molecular formula is C16H27NO2. The zero-order valence-electron chi connectivity index (χ0n) is 12.6. The zero-order valence-corrected chi connectivity index (χ0v) is 12.6. The summed E-state index contributed by atoms with van der Waals surface area (Å²) < 4.78 is 11.1. The molecule has 0 bridgehead atoms. The van der Waals surface area contributed by atoms with Crippen LogP contribution >= 0.6 is 0 Å². The maximum absolute atomic E-state index is 5.53. The second kappa shape index (κ2) is 9.08. The zero-order chi connectivity index (χ0) is 14.1. The van der Waals surface area contributed by atoms with Crippen molar-refractivity contribution in [2.75, 3.05) is 19.8 Å². The van der Waals surface area contributed by atoms with Gasteiger partial charge >= 0.3 is 0 Å². The summed E-state index contributed by atoms with van der Waals surface area (Å²) in [5.74, 6) is 0. The molecule has 0 radical (unpaired) electrons. The van der Waals surface area contributed by atoms with Gasteiger partial charge in [-0.1, -0.05) is 24.3 Å². The molecule has 19 heavy (non-hydrogen) atoms. The van der Waals surface area contributed by atoms with E-state index in [0.29, 0.717) is 19.3 Å². The van der Waals surface area contributed by atoms with Crippen LogP contribution in [0.15, 0.2) is 24.3 Å². The first-order valence-corrected chi connectivity index (χ1v) is 7.21. The molecule has 0 aliphatic heterocycles. The SMILES string of the molecule is CCOC(CCN[C@H](C)c1ccccc1C)OCC. The largest absolute Gasteiger partial charge is 0.353 e. The van der Waals surface area contributed by atoms with Gasteiger partial charge in [0.05, 0.1) is 0 Å². The molecule has 1 rings (SSSR count). The van der Waals surface area contributed by atoms with Crippen LogP contribution in [0.4, 0.5) is 0 Å². The molecule has 3 nitrogen and oxygen atoms in total. The van der Waals surface area contributed by atoms with Crippen LogP contribution in [0.2, 0.25) is 0 Å². The minimum atomic E-state index is -0.0911. The molecule has 0 heterocycles. The average molecular weight is 265 g/mol. The van der Waals surface area contributed by atoms with Crippen LogP contribution in [-0.2, 0) is 9.47 Å². The van der Waals surface area contributed by atoms with Crippen molar-refractivity contribution in [3.05, 3.63) is 35.4 Å². The molecule has 1 aromatic carbocycles. The van der Waals surface area contributed by atoms with Gasteiger partial charge in [0.15, 0.2) is 6.29 Å². The number of nitrogens with one attached hydrogen (secondary N) is 1. The Hall–Kier alpha value is -0.900. The minimum absolute atomic E-state index is 0.0911. The van der Waals surface area contributed by atoms with Gasteiger partial charge in [0, 0.05) is 32.2 Å². The van der Waals surface area contributed by atoms with Gasteiger partial charge in [-0.05, 0) is 38.8 Å². The van der Waals surface area contributed by atoms with Crippen molar-refractivity contribution in [3.8, 4) is 0 Å². The highest BCUT2D eigenvalue weighted by Crippen LogP contribution is 2.16. The predicted molar refractivity (Wildman–Crippen MR) is 79.3 cm³/mol. The first kappa shape index (κ1) is 16.2. The van der Waals surface area contributed by atoms with E-state index in [4.69, 9.17) is 9.47 Å². The highest BCUT2D eigenvalue weighted by atomic mass is 16.7. The smallest absolute Gasteiger partial charge is 0.158 e. The summed E-state index contributed by atoms with van der Waals surface area (Å²) in [5, 5.41) is 3.53. The molecule has 0 saturated heterocycles. The minimum Gasteiger partial charge on any atom is -0.353 e. The van der Waals surface area contributed by atoms with E-state index in [0.717, 1.165) is 13.0 Å². The van der Waals surface area contributed by atoms with Crippen LogP contribution in [-0.4, -0.2) is 26.0 Å². The van der Waals surface area contributed by atoms with E-state index in [1.807, 2.05) is 13.8 Å². The lowest BCUT2D eigenvalue weighted by molar-refractivity contribution is -0.138. The van der Waals surface area contributed by atoms with E-state index in [9.17, 15) is 0 Å². The van der Waals surface area contributed by atoms with E-state index in [1.165, 1.54) is 11.1 Å². The van der Waals surface area contributed by atoms with E-state index >= 15 is 0 Å². The predicted octanol–water partition coefficient (Wildman–Crippen LogP) is 3.43. The summed E-state index contributed by atoms with van der Waals surface area (Å²) >= 11 is 0. The number of aryl methyl sites for hydroxylation is 1. The molecule has 0 aliphatic carbocycles. The molecule has 0 amide bonds. The maximum Gasteiger partial charge on any atom is 0.158 e. The van der Waals surface area contributed by atoms with Crippen LogP contribution in [0.5, 0.6) is 0 Å². The van der Waals surface area contributed by atoms with Gasteiger partial charge < -0.3 is 14.8 Å². The van der Waals surface area contributed by atoms with Crippen LogP contribution < -0.4 is 5.32 Å². The van der Waals surface area contributed by atoms with Crippen molar-refractivity contribution in [3.63, 3.8) is 0 Å². The van der Waals surface area contributed by atoms with E-state index in [-0.39, 0.29) is 6.29 Å². The molecule has 0 aromatic heterocycles. The molecule has 108 valence electrons. The number of ether oxygens (including phenoxy) is 2. The highest BCUT2D eigenvalue weighted by molar-refractivity contribution is 5.28. The lowest BCUT2D eigenvalue weighted by atomic mass is 10.0. The van der Waals surface area contributed by atoms with E-state index < -0.39 is 0 Å². The van der Waals surface area contributed by atoms with Crippen LogP contribution in [0, 0.1) is 6.92 Å². The summed E-state index contributed by atoms with van der Waals surface area (Å²) in [6.07, 6.45) is 0.782. The molecule has 0 aliphatic rings. The summed E-state index contributed by atoms with van der Waals surface area (Å²) in [5.41, 5.74) is 2.68. The number of rotatable bonds is 9. The monoisotopic (exact) mass is 265 g/mol. The van der Waals surface area contributed by atoms with E-state index in [1.54, 1.807) is 0 Å². The summed E-state index contributed by atoms with van der Waals surface area (Å²) in [6, 6.07) is 8.84. The quantitative estimate of drug-likeness (QED) is 0.694. The van der Waals surface area contributed by atoms with Crippen molar-refractivity contribution in [2.45, 2.75) is 46.4 Å². The second-order valence-corrected chi connectivity index (χ2v) is 4.66. The van der Waals surface area contributed by atoms with E-state index in [2.05, 4.69) is 43.4 Å². The van der Waals surface area contributed by atoms with Gasteiger partial charge in [-0.15, -0.1) is 0 Å². The van der Waals surface area contributed by atoms with Crippen molar-refractivity contribution >= 4 is 0 Å². The number of hydrogen-bond donors (Lipinski definition) is 1. The molecule has 1 aromatic rings. The third-order valence-electron chi connectivity index (χ3n) is 3.19. The number of hydrogen-bond acceptors (Lipinski definition) is 3. The van der Waals surface area contributed by atoms with Crippen LogP contribution in [0.3, 0.4) is 0 Å². The fourth-order valence-corrected chi connectivity index (χ4v) is 2.19. The third-order valence-corrected chi connectivity index (χ3v) is 3.19. The Morgan fingerprint density at radius 1 is 1.11 bits per heavy atom. The van der Waals surface area contributed by atoms with Crippen molar-refractivity contribution in [1.29, 1.82) is 0 Å². The molecule has 1 atom stereocenters. The Bertz CT molecular complexity index is 348. The average Bonchev–Trinajstić information content (AvgIpc) is 2.39. The Kier molecular flexibility index (Phi) is 7.72. The normalized spacial score (nSPS) is 12.9. The van der Waals surface area contributed by atoms with Gasteiger partial charge in [0.1, 0.15) is 0 Å². The van der Waals surface area contributed by atoms with Gasteiger partial charge in [0.25, 0.3) is 0 Å². The standard InChI is InChI=1S/C16H27NO2/c1-5-18-16(19-6-2)11-12-17-14(4)15-10-8-7-9-13(15)3/h7-10,14,16-17H,5-6,11-12H2,1-4H3/t14-/m1/s1. The summed E-state index contributed by atoms with van der Waals surface area (Å²) in [4.78, 5) is 0. The Labute approximate surface area is 117 Å². The molecule has 0 spiro atoms. The van der Waals surface area contributed by atoms with Crippen molar-refractivity contribution in [2.24, 2.45) is 0 Å². The fraction of sp³-hybridized carbons (Fsp3) is 0.625. The lowest BCUT2D eigenvalue weighted by Gasteiger charge is -2.20. The van der Waals surface area contributed by atoms with Crippen LogP contribution in [0.25, 0.3) is 0 Å². The Morgan fingerprint density at radius 2 is 1.74 bits per heavy atom. The summed E-state index contributed by atoms with van der Waals surface area (Å²) in [6.45, 7) is 10.6. The van der Waals surface area contributed by atoms with Crippen molar-refractivity contribution < 1.29 is 9.47 Å². The number of benzene rings is 1. The van der Waals surface area contributed by atoms with Gasteiger partial charge in [-0.2, -0.15) is 0 Å². The fourth-order valence-electron chi connectivity index (χ4n) is 2.19. The molecule has 0 fully saturated rings. The maximum atomic E-state index is 5.53. The van der Waals surface area contributed by atoms with Gasteiger partial charge in [-0.25, -0.2) is 0 Å². The summed E-state index contributed by atoms with van der Waals surface area (Å²) in [7, 11) is 0.